The standard InChI is InChI=1S/C35H58N12O14S2/c1-6-14(4)27(47-32(58)19(10-25(52)53)44-34(60)26(13(2)3)46-33(59)21(12-63)40-15(5)48)35(61)43-18(9-24(38)51)30(56)41-16(7-22(36)49)29(55)42-17(8-23(37)50)31(57)45-20(11-62)28(39)54/h13-14,16-21,26-27,62-63H,6-12H2,1-5H3,(H2,36,49)(H2,37,50)(H2,38,51)(H2,39,54)(H,40,48)(H,41,56)(H,42,55)(H,43,61)(H,44,60)(H,45,57)(H,46,59)(H,47,58)(H,52,53)/t14-,16-,17-,18-,19-,20-,21-,26-,27-/m0/s1. The van der Waals surface area contributed by atoms with Gasteiger partial charge in [0.2, 0.25) is 70.9 Å². The molecule has 0 heterocycles. The van der Waals surface area contributed by atoms with Crippen molar-refractivity contribution in [1.82, 2.24) is 42.5 Å². The number of aliphatic carboxylic acids is 1. The van der Waals surface area contributed by atoms with E-state index in [1.165, 1.54) is 20.8 Å². The third-order valence-electron chi connectivity index (χ3n) is 8.89. The van der Waals surface area contributed by atoms with Crippen LogP contribution in [0.1, 0.15) is 66.7 Å². The van der Waals surface area contributed by atoms with Crippen molar-refractivity contribution >= 4 is 102 Å². The van der Waals surface area contributed by atoms with Crippen LogP contribution in [0.25, 0.3) is 0 Å². The van der Waals surface area contributed by atoms with Crippen molar-refractivity contribution < 1.29 is 67.4 Å². The van der Waals surface area contributed by atoms with Gasteiger partial charge in [0.15, 0.2) is 0 Å². The van der Waals surface area contributed by atoms with Crippen LogP contribution >= 0.6 is 25.3 Å². The Morgan fingerprint density at radius 1 is 0.460 bits per heavy atom. The molecule has 28 heteroatoms. The molecule has 354 valence electrons. The first kappa shape index (κ1) is 56.8. The van der Waals surface area contributed by atoms with Crippen molar-refractivity contribution in [3.63, 3.8) is 0 Å². The summed E-state index contributed by atoms with van der Waals surface area (Å²) in [6.07, 6.45) is -3.59. The minimum Gasteiger partial charge on any atom is -0.481 e. The van der Waals surface area contributed by atoms with Gasteiger partial charge in [-0.2, -0.15) is 25.3 Å². The Morgan fingerprint density at radius 3 is 1.10 bits per heavy atom. The Bertz CT molecular complexity index is 1750. The lowest BCUT2D eigenvalue weighted by molar-refractivity contribution is -0.142. The first-order valence-electron chi connectivity index (χ1n) is 19.2. The molecule has 0 aromatic heterocycles. The van der Waals surface area contributed by atoms with E-state index in [0.717, 1.165) is 6.92 Å². The lowest BCUT2D eigenvalue weighted by Crippen LogP contribution is -2.62. The van der Waals surface area contributed by atoms with Crippen LogP contribution in [0.2, 0.25) is 0 Å². The van der Waals surface area contributed by atoms with Gasteiger partial charge in [-0.05, 0) is 11.8 Å². The Kier molecular flexibility index (Phi) is 25.0. The molecule has 0 saturated carbocycles. The molecule has 12 amide bonds. The SMILES string of the molecule is CC[C@H](C)[C@H](NC(=O)[C@H](CC(=O)O)NC(=O)[C@@H](NC(=O)[C@H](CS)NC(C)=O)C(C)C)C(=O)N[C@@H](CC(N)=O)C(=O)N[C@@H](CC(N)=O)C(=O)N[C@@H](CC(N)=O)C(=O)N[C@@H](CS)C(N)=O. The van der Waals surface area contributed by atoms with E-state index in [2.05, 4.69) is 67.8 Å². The number of primary amides is 4. The second-order valence-corrected chi connectivity index (χ2v) is 15.3. The molecule has 63 heavy (non-hydrogen) atoms. The maximum atomic E-state index is 13.8. The van der Waals surface area contributed by atoms with E-state index in [1.807, 2.05) is 0 Å². The molecule has 0 bridgehead atoms. The van der Waals surface area contributed by atoms with Gasteiger partial charge in [0.1, 0.15) is 48.3 Å². The lowest BCUT2D eigenvalue weighted by Gasteiger charge is -2.29. The number of carbonyl (C=O) groups is 13. The highest BCUT2D eigenvalue weighted by Crippen LogP contribution is 2.12. The van der Waals surface area contributed by atoms with Crippen LogP contribution in [-0.4, -0.2) is 142 Å². The van der Waals surface area contributed by atoms with Gasteiger partial charge < -0.3 is 70.6 Å². The molecule has 0 rings (SSSR count). The number of hydrogen-bond acceptors (Lipinski definition) is 15. The first-order valence-corrected chi connectivity index (χ1v) is 20.4. The molecule has 0 unspecified atom stereocenters. The molecule has 0 spiro atoms. The molecule has 0 aliphatic heterocycles. The summed E-state index contributed by atoms with van der Waals surface area (Å²) in [5, 5.41) is 27.5. The van der Waals surface area contributed by atoms with Gasteiger partial charge in [-0.25, -0.2) is 0 Å². The average molecular weight is 935 g/mol. The lowest BCUT2D eigenvalue weighted by atomic mass is 9.96. The molecular formula is C35H58N12O14S2. The van der Waals surface area contributed by atoms with Crippen molar-refractivity contribution in [1.29, 1.82) is 0 Å². The molecule has 0 fully saturated rings. The summed E-state index contributed by atoms with van der Waals surface area (Å²) in [7, 11) is 0. The van der Waals surface area contributed by atoms with Crippen molar-refractivity contribution in [2.24, 2.45) is 34.8 Å². The van der Waals surface area contributed by atoms with Gasteiger partial charge in [-0.1, -0.05) is 34.1 Å². The predicted molar refractivity (Wildman–Crippen MR) is 226 cm³/mol. The summed E-state index contributed by atoms with van der Waals surface area (Å²) < 4.78 is 0. The smallest absolute Gasteiger partial charge is 0.305 e. The quantitative estimate of drug-likeness (QED) is 0.0310. The molecule has 0 aromatic rings. The van der Waals surface area contributed by atoms with Crippen LogP contribution in [0, 0.1) is 11.8 Å². The van der Waals surface area contributed by atoms with Crippen LogP contribution in [0.4, 0.5) is 0 Å². The summed E-state index contributed by atoms with van der Waals surface area (Å²) in [6.45, 7) is 7.29. The van der Waals surface area contributed by atoms with E-state index < -0.39 is 163 Å². The number of nitrogens with two attached hydrogens (primary N) is 4. The Labute approximate surface area is 372 Å². The maximum absolute atomic E-state index is 13.8. The predicted octanol–water partition coefficient (Wildman–Crippen LogP) is -6.97. The summed E-state index contributed by atoms with van der Waals surface area (Å²) >= 11 is 7.92. The molecular weight excluding hydrogens is 877 g/mol. The zero-order valence-electron chi connectivity index (χ0n) is 35.2. The zero-order valence-corrected chi connectivity index (χ0v) is 37.0. The van der Waals surface area contributed by atoms with E-state index in [4.69, 9.17) is 22.9 Å². The fraction of sp³-hybridized carbons (Fsp3) is 0.629. The van der Waals surface area contributed by atoms with Crippen LogP contribution in [0.3, 0.4) is 0 Å². The molecule has 0 radical (unpaired) electrons. The van der Waals surface area contributed by atoms with E-state index in [0.29, 0.717) is 0 Å². The van der Waals surface area contributed by atoms with Gasteiger partial charge in [0.05, 0.1) is 25.7 Å². The Morgan fingerprint density at radius 2 is 0.778 bits per heavy atom. The number of carbonyl (C=O) groups excluding carboxylic acids is 12. The van der Waals surface area contributed by atoms with Crippen molar-refractivity contribution in [2.75, 3.05) is 11.5 Å². The molecule has 0 aliphatic rings. The molecule has 0 aromatic carbocycles. The second-order valence-electron chi connectivity index (χ2n) is 14.5. The average Bonchev–Trinajstić information content (AvgIpc) is 3.16. The molecule has 0 aliphatic carbocycles. The fourth-order valence-corrected chi connectivity index (χ4v) is 5.87. The van der Waals surface area contributed by atoms with Gasteiger partial charge in [-0.15, -0.1) is 0 Å². The van der Waals surface area contributed by atoms with E-state index in [-0.39, 0.29) is 17.9 Å². The van der Waals surface area contributed by atoms with E-state index in [1.54, 1.807) is 6.92 Å². The third kappa shape index (κ3) is 21.0. The highest BCUT2D eigenvalue weighted by molar-refractivity contribution is 7.80. The summed E-state index contributed by atoms with van der Waals surface area (Å²) in [6, 6.07) is -13.0. The van der Waals surface area contributed by atoms with Crippen molar-refractivity contribution in [2.45, 2.75) is 115 Å². The molecule has 26 nitrogen and oxygen atoms in total. The molecule has 17 N–H and O–H groups in total. The minimum absolute atomic E-state index is 0.149. The topological polar surface area (TPSA) is 442 Å². The number of rotatable bonds is 29. The number of nitrogens with one attached hydrogen (secondary N) is 8. The number of amides is 12. The summed E-state index contributed by atoms with van der Waals surface area (Å²) in [5.74, 6) is -16.4. The fourth-order valence-electron chi connectivity index (χ4n) is 5.35. The number of carboxylic acids is 1. The van der Waals surface area contributed by atoms with Crippen LogP contribution in [-0.2, 0) is 62.3 Å². The van der Waals surface area contributed by atoms with Gasteiger partial charge in [-0.3, -0.25) is 62.3 Å². The normalized spacial score (nSPS) is 15.1. The first-order chi connectivity index (χ1) is 29.2. The highest BCUT2D eigenvalue weighted by Gasteiger charge is 2.37. The van der Waals surface area contributed by atoms with Crippen LogP contribution in [0.5, 0.6) is 0 Å². The summed E-state index contributed by atoms with van der Waals surface area (Å²) in [4.78, 5) is 164. The maximum Gasteiger partial charge on any atom is 0.305 e. The number of hydrogen-bond donors (Lipinski definition) is 15. The Balaban J connectivity index is 6.55. The van der Waals surface area contributed by atoms with Crippen molar-refractivity contribution in [3.05, 3.63) is 0 Å². The van der Waals surface area contributed by atoms with Crippen molar-refractivity contribution in [3.8, 4) is 0 Å². The van der Waals surface area contributed by atoms with Crippen LogP contribution in [0.15, 0.2) is 0 Å². The molecule has 0 saturated heterocycles. The highest BCUT2D eigenvalue weighted by atomic mass is 32.1. The number of thiol groups is 2. The minimum atomic E-state index is -1.94. The second kappa shape index (κ2) is 27.7. The number of carboxylic acid groups (broad SMARTS) is 1. The monoisotopic (exact) mass is 934 g/mol. The largest absolute Gasteiger partial charge is 0.481 e. The van der Waals surface area contributed by atoms with E-state index >= 15 is 0 Å². The third-order valence-corrected chi connectivity index (χ3v) is 9.62. The van der Waals surface area contributed by atoms with Gasteiger partial charge >= 0.3 is 5.97 Å². The Hall–Kier alpha value is -6.19. The van der Waals surface area contributed by atoms with E-state index in [9.17, 15) is 67.4 Å². The summed E-state index contributed by atoms with van der Waals surface area (Å²) in [5.41, 5.74) is 21.0. The van der Waals surface area contributed by atoms with Gasteiger partial charge in [0, 0.05) is 18.4 Å². The van der Waals surface area contributed by atoms with Gasteiger partial charge in [0.25, 0.3) is 0 Å². The zero-order chi connectivity index (χ0) is 48.9. The van der Waals surface area contributed by atoms with Crippen LogP contribution < -0.4 is 65.5 Å². The molecule has 9 atom stereocenters.